The second-order valence-corrected chi connectivity index (χ2v) is 4.01. The standard InChI is InChI=1S/C10H19NO/c1-2-7-12-10(5-1)9-4-3-6-11-8-9/h9-11H,1-8H2/t9-,10+/m0/s1. The first-order chi connectivity index (χ1) is 5.97. The fraction of sp³-hybridized carbons (Fsp3) is 1.00. The van der Waals surface area contributed by atoms with E-state index in [1.54, 1.807) is 0 Å². The Hall–Kier alpha value is -0.0800. The zero-order valence-electron chi connectivity index (χ0n) is 7.72. The van der Waals surface area contributed by atoms with Crippen molar-refractivity contribution in [2.24, 2.45) is 5.92 Å². The zero-order chi connectivity index (χ0) is 8.23. The Bertz CT molecular complexity index is 110. The molecule has 0 bridgehead atoms. The third-order valence-corrected chi connectivity index (χ3v) is 3.08. The predicted molar refractivity (Wildman–Crippen MR) is 49.2 cm³/mol. The van der Waals surface area contributed by atoms with E-state index in [1.165, 1.54) is 45.2 Å². The lowest BCUT2D eigenvalue weighted by molar-refractivity contribution is -0.0265. The Morgan fingerprint density at radius 3 is 2.75 bits per heavy atom. The number of nitrogens with one attached hydrogen (secondary N) is 1. The minimum atomic E-state index is 0.576. The Labute approximate surface area is 74.7 Å². The SMILES string of the molecule is C1CC[C@H]([C@H]2CCCNC2)OC1. The molecule has 2 fully saturated rings. The molecule has 0 amide bonds. The Kier molecular flexibility index (Phi) is 3.01. The molecule has 2 nitrogen and oxygen atoms in total. The molecule has 12 heavy (non-hydrogen) atoms. The van der Waals surface area contributed by atoms with Crippen LogP contribution in [-0.4, -0.2) is 25.8 Å². The molecule has 2 heterocycles. The average molecular weight is 169 g/mol. The second kappa shape index (κ2) is 4.24. The fourth-order valence-electron chi connectivity index (χ4n) is 2.33. The van der Waals surface area contributed by atoms with Crippen LogP contribution in [0.4, 0.5) is 0 Å². The highest BCUT2D eigenvalue weighted by atomic mass is 16.5. The third-order valence-electron chi connectivity index (χ3n) is 3.08. The van der Waals surface area contributed by atoms with Crippen LogP contribution in [0.1, 0.15) is 32.1 Å². The number of hydrogen-bond acceptors (Lipinski definition) is 2. The summed E-state index contributed by atoms with van der Waals surface area (Å²) >= 11 is 0. The summed E-state index contributed by atoms with van der Waals surface area (Å²) in [4.78, 5) is 0. The van der Waals surface area contributed by atoms with Gasteiger partial charge in [0.05, 0.1) is 6.10 Å². The van der Waals surface area contributed by atoms with Crippen LogP contribution in [0.15, 0.2) is 0 Å². The van der Waals surface area contributed by atoms with Gasteiger partial charge in [0.15, 0.2) is 0 Å². The molecule has 2 aliphatic heterocycles. The first kappa shape index (κ1) is 8.52. The molecule has 2 atom stereocenters. The fourth-order valence-corrected chi connectivity index (χ4v) is 2.33. The molecule has 2 aliphatic rings. The van der Waals surface area contributed by atoms with Crippen LogP contribution in [0.5, 0.6) is 0 Å². The Morgan fingerprint density at radius 1 is 1.08 bits per heavy atom. The summed E-state index contributed by atoms with van der Waals surface area (Å²) in [5, 5.41) is 3.45. The highest BCUT2D eigenvalue weighted by Crippen LogP contribution is 2.24. The van der Waals surface area contributed by atoms with Gasteiger partial charge in [-0.1, -0.05) is 0 Å². The molecule has 2 rings (SSSR count). The maximum Gasteiger partial charge on any atom is 0.0615 e. The lowest BCUT2D eigenvalue weighted by Gasteiger charge is -2.33. The number of ether oxygens (including phenoxy) is 1. The van der Waals surface area contributed by atoms with E-state index in [-0.39, 0.29) is 0 Å². The van der Waals surface area contributed by atoms with Gasteiger partial charge in [-0.3, -0.25) is 0 Å². The van der Waals surface area contributed by atoms with Gasteiger partial charge in [-0.25, -0.2) is 0 Å². The van der Waals surface area contributed by atoms with Gasteiger partial charge in [-0.05, 0) is 44.6 Å². The van der Waals surface area contributed by atoms with Crippen LogP contribution in [0.3, 0.4) is 0 Å². The van der Waals surface area contributed by atoms with Gasteiger partial charge in [-0.2, -0.15) is 0 Å². The normalized spacial score (nSPS) is 38.0. The van der Waals surface area contributed by atoms with Crippen molar-refractivity contribution in [1.29, 1.82) is 0 Å². The molecule has 0 aromatic carbocycles. The number of rotatable bonds is 1. The van der Waals surface area contributed by atoms with Gasteiger partial charge >= 0.3 is 0 Å². The highest BCUT2D eigenvalue weighted by Gasteiger charge is 2.25. The summed E-state index contributed by atoms with van der Waals surface area (Å²) < 4.78 is 5.78. The summed E-state index contributed by atoms with van der Waals surface area (Å²) in [5.74, 6) is 0.805. The molecular weight excluding hydrogens is 150 g/mol. The zero-order valence-corrected chi connectivity index (χ0v) is 7.72. The van der Waals surface area contributed by atoms with Gasteiger partial charge in [0.1, 0.15) is 0 Å². The summed E-state index contributed by atoms with van der Waals surface area (Å²) in [5.41, 5.74) is 0. The number of hydrogen-bond donors (Lipinski definition) is 1. The lowest BCUT2D eigenvalue weighted by Crippen LogP contribution is -2.39. The maximum absolute atomic E-state index is 5.78. The Balaban J connectivity index is 1.80. The number of piperidine rings is 1. The summed E-state index contributed by atoms with van der Waals surface area (Å²) in [6.07, 6.45) is 7.23. The van der Waals surface area contributed by atoms with Crippen molar-refractivity contribution in [3.05, 3.63) is 0 Å². The lowest BCUT2D eigenvalue weighted by atomic mass is 9.89. The second-order valence-electron chi connectivity index (χ2n) is 4.01. The van der Waals surface area contributed by atoms with Crippen LogP contribution in [0.25, 0.3) is 0 Å². The van der Waals surface area contributed by atoms with Crippen molar-refractivity contribution in [2.45, 2.75) is 38.2 Å². The van der Waals surface area contributed by atoms with Gasteiger partial charge in [0.2, 0.25) is 0 Å². The highest BCUT2D eigenvalue weighted by molar-refractivity contribution is 4.78. The van der Waals surface area contributed by atoms with Crippen molar-refractivity contribution >= 4 is 0 Å². The topological polar surface area (TPSA) is 21.3 Å². The van der Waals surface area contributed by atoms with Crippen molar-refractivity contribution in [2.75, 3.05) is 19.7 Å². The summed E-state index contributed by atoms with van der Waals surface area (Å²) in [6.45, 7) is 3.40. The maximum atomic E-state index is 5.78. The van der Waals surface area contributed by atoms with Crippen molar-refractivity contribution in [3.63, 3.8) is 0 Å². The van der Waals surface area contributed by atoms with Gasteiger partial charge in [0.25, 0.3) is 0 Å². The molecule has 70 valence electrons. The summed E-state index contributed by atoms with van der Waals surface area (Å²) in [6, 6.07) is 0. The minimum Gasteiger partial charge on any atom is -0.378 e. The van der Waals surface area contributed by atoms with E-state index in [9.17, 15) is 0 Å². The first-order valence-corrected chi connectivity index (χ1v) is 5.29. The molecule has 0 aliphatic carbocycles. The minimum absolute atomic E-state index is 0.576. The molecule has 0 spiro atoms. The summed E-state index contributed by atoms with van der Waals surface area (Å²) in [7, 11) is 0. The molecular formula is C10H19NO. The van der Waals surface area contributed by atoms with E-state index in [2.05, 4.69) is 5.32 Å². The predicted octanol–water partition coefficient (Wildman–Crippen LogP) is 1.56. The van der Waals surface area contributed by atoms with Crippen LogP contribution in [0.2, 0.25) is 0 Å². The van der Waals surface area contributed by atoms with Crippen LogP contribution in [0, 0.1) is 5.92 Å². The van der Waals surface area contributed by atoms with E-state index in [1.807, 2.05) is 0 Å². The molecule has 0 radical (unpaired) electrons. The largest absolute Gasteiger partial charge is 0.378 e. The van der Waals surface area contributed by atoms with E-state index < -0.39 is 0 Å². The van der Waals surface area contributed by atoms with Crippen molar-refractivity contribution in [3.8, 4) is 0 Å². The molecule has 0 unspecified atom stereocenters. The quantitative estimate of drug-likeness (QED) is 0.643. The van der Waals surface area contributed by atoms with E-state index in [0.29, 0.717) is 6.10 Å². The molecule has 2 saturated heterocycles. The molecule has 2 heteroatoms. The van der Waals surface area contributed by atoms with Gasteiger partial charge in [0, 0.05) is 13.2 Å². The van der Waals surface area contributed by atoms with Crippen LogP contribution >= 0.6 is 0 Å². The van der Waals surface area contributed by atoms with Gasteiger partial charge in [-0.15, -0.1) is 0 Å². The molecule has 1 N–H and O–H groups in total. The van der Waals surface area contributed by atoms with Crippen LogP contribution < -0.4 is 5.32 Å². The van der Waals surface area contributed by atoms with E-state index in [0.717, 1.165) is 12.5 Å². The van der Waals surface area contributed by atoms with E-state index in [4.69, 9.17) is 4.74 Å². The van der Waals surface area contributed by atoms with Crippen molar-refractivity contribution in [1.82, 2.24) is 5.32 Å². The van der Waals surface area contributed by atoms with E-state index >= 15 is 0 Å². The van der Waals surface area contributed by atoms with Gasteiger partial charge < -0.3 is 10.1 Å². The smallest absolute Gasteiger partial charge is 0.0615 e. The molecule has 0 saturated carbocycles. The monoisotopic (exact) mass is 169 g/mol. The third kappa shape index (κ3) is 1.99. The first-order valence-electron chi connectivity index (χ1n) is 5.29. The van der Waals surface area contributed by atoms with Crippen LogP contribution in [-0.2, 0) is 4.74 Å². The molecule has 0 aromatic heterocycles. The molecule has 0 aromatic rings. The Morgan fingerprint density at radius 2 is 2.08 bits per heavy atom. The van der Waals surface area contributed by atoms with Crippen molar-refractivity contribution < 1.29 is 4.74 Å². The average Bonchev–Trinajstić information content (AvgIpc) is 2.21.